The maximum absolute atomic E-state index is 13.1. The Bertz CT molecular complexity index is 1130. The van der Waals surface area contributed by atoms with Gasteiger partial charge in [0.25, 0.3) is 0 Å². The lowest BCUT2D eigenvalue weighted by Gasteiger charge is -2.64. The van der Waals surface area contributed by atoms with Gasteiger partial charge in [0.05, 0.1) is 29.6 Å². The molecule has 2 aliphatic carbocycles. The molecule has 6 heteroatoms. The third-order valence-corrected chi connectivity index (χ3v) is 8.61. The number of furan rings is 1. The maximum Gasteiger partial charge on any atom is 0.246 e. The number of likely N-dealkylation sites (N-methyl/N-ethyl adjacent to an activating group) is 1. The van der Waals surface area contributed by atoms with E-state index in [0.717, 1.165) is 37.2 Å². The van der Waals surface area contributed by atoms with Gasteiger partial charge in [0.15, 0.2) is 0 Å². The van der Waals surface area contributed by atoms with Gasteiger partial charge in [0.2, 0.25) is 5.91 Å². The van der Waals surface area contributed by atoms with Crippen LogP contribution in [-0.4, -0.2) is 64.7 Å². The molecule has 1 saturated heterocycles. The second-order valence-electron chi connectivity index (χ2n) is 9.92. The predicted octanol–water partition coefficient (Wildman–Crippen LogP) is 3.16. The number of hydrogen-bond donors (Lipinski definition) is 1. The zero-order chi connectivity index (χ0) is 22.8. The van der Waals surface area contributed by atoms with Crippen molar-refractivity contribution in [2.75, 3.05) is 20.1 Å². The van der Waals surface area contributed by atoms with E-state index in [1.165, 1.54) is 11.1 Å². The fraction of sp³-hybridized carbons (Fsp3) is 0.444. The summed E-state index contributed by atoms with van der Waals surface area (Å²) in [6, 6.07) is 8.00. The van der Waals surface area contributed by atoms with E-state index in [1.54, 1.807) is 29.6 Å². The summed E-state index contributed by atoms with van der Waals surface area (Å²) < 4.78 is 11.7. The fourth-order valence-corrected chi connectivity index (χ4v) is 7.17. The highest BCUT2D eigenvalue weighted by molar-refractivity contribution is 5.91. The summed E-state index contributed by atoms with van der Waals surface area (Å²) in [4.78, 5) is 17.3. The van der Waals surface area contributed by atoms with E-state index in [2.05, 4.69) is 23.6 Å². The number of carbonyl (C=O) groups is 1. The number of nitrogens with zero attached hydrogens (tertiary/aromatic N) is 2. The summed E-state index contributed by atoms with van der Waals surface area (Å²) >= 11 is 0. The van der Waals surface area contributed by atoms with Gasteiger partial charge < -0.3 is 19.2 Å². The second kappa shape index (κ2) is 7.34. The summed E-state index contributed by atoms with van der Waals surface area (Å²) in [6.07, 6.45) is 11.2. The largest absolute Gasteiger partial charge is 0.487 e. The van der Waals surface area contributed by atoms with E-state index >= 15 is 0 Å². The van der Waals surface area contributed by atoms with E-state index in [9.17, 15) is 9.90 Å². The molecule has 1 saturated carbocycles. The Morgan fingerprint density at radius 1 is 1.36 bits per heavy atom. The summed E-state index contributed by atoms with van der Waals surface area (Å²) in [6.45, 7) is 5.60. The molecule has 1 spiro atoms. The zero-order valence-electron chi connectivity index (χ0n) is 18.9. The molecule has 2 fully saturated rings. The van der Waals surface area contributed by atoms with Gasteiger partial charge in [-0.15, -0.1) is 6.58 Å². The van der Waals surface area contributed by atoms with Crippen molar-refractivity contribution in [3.63, 3.8) is 0 Å². The van der Waals surface area contributed by atoms with E-state index in [0.29, 0.717) is 12.8 Å². The average Bonchev–Trinajstić information content (AvgIpc) is 3.44. The molecule has 1 aromatic carbocycles. The van der Waals surface area contributed by atoms with E-state index < -0.39 is 11.0 Å². The molecule has 1 amide bonds. The van der Waals surface area contributed by atoms with Crippen LogP contribution in [0.3, 0.4) is 0 Å². The molecular weight excluding hydrogens is 416 g/mol. The van der Waals surface area contributed by atoms with E-state index in [4.69, 9.17) is 9.15 Å². The lowest BCUT2D eigenvalue weighted by atomic mass is 9.48. The Labute approximate surface area is 194 Å². The van der Waals surface area contributed by atoms with Crippen molar-refractivity contribution in [3.8, 4) is 5.75 Å². The van der Waals surface area contributed by atoms with Crippen LogP contribution in [0.15, 0.2) is 59.9 Å². The normalized spacial score (nSPS) is 34.1. The standard InChI is InChI=1S/C27H30N2O4/c1-3-13-29-14-12-26-24-19-5-4-6-21(24)33-25(26)20(9-11-27(26,31)22(29)16-19)28(2)23(30)8-7-18-10-15-32-17-18/h3-8,10,15,17,20,22,25,31H,1,9,11-14,16H2,2H3/b8-7+/t20-,22-,25+,26+,27-/m1/s1. The van der Waals surface area contributed by atoms with Crippen LogP contribution in [0.5, 0.6) is 5.75 Å². The quantitative estimate of drug-likeness (QED) is 0.565. The highest BCUT2D eigenvalue weighted by atomic mass is 16.5. The first-order valence-electron chi connectivity index (χ1n) is 11.8. The molecule has 6 rings (SSSR count). The highest BCUT2D eigenvalue weighted by Crippen LogP contribution is 2.64. The predicted molar refractivity (Wildman–Crippen MR) is 125 cm³/mol. The molecule has 172 valence electrons. The highest BCUT2D eigenvalue weighted by Gasteiger charge is 2.72. The number of likely N-dealkylation sites (tertiary alicyclic amines) is 1. The number of carbonyl (C=O) groups excluding carboxylic acids is 1. The molecule has 0 radical (unpaired) electrons. The van der Waals surface area contributed by atoms with Gasteiger partial charge in [0.1, 0.15) is 11.9 Å². The van der Waals surface area contributed by atoms with E-state index in [1.807, 2.05) is 25.3 Å². The van der Waals surface area contributed by atoms with Crippen molar-refractivity contribution < 1.29 is 19.1 Å². The third-order valence-electron chi connectivity index (χ3n) is 8.61. The van der Waals surface area contributed by atoms with Crippen LogP contribution >= 0.6 is 0 Å². The monoisotopic (exact) mass is 446 g/mol. The number of benzene rings is 1. The van der Waals surface area contributed by atoms with Crippen LogP contribution in [0.2, 0.25) is 0 Å². The molecule has 5 atom stereocenters. The van der Waals surface area contributed by atoms with Gasteiger partial charge in [-0.2, -0.15) is 0 Å². The first kappa shape index (κ1) is 20.8. The molecule has 33 heavy (non-hydrogen) atoms. The first-order chi connectivity index (χ1) is 16.0. The number of ether oxygens (including phenoxy) is 1. The minimum Gasteiger partial charge on any atom is -0.487 e. The molecule has 4 aliphatic rings. The summed E-state index contributed by atoms with van der Waals surface area (Å²) in [7, 11) is 1.86. The maximum atomic E-state index is 13.1. The number of piperidine rings is 1. The Morgan fingerprint density at radius 3 is 3.03 bits per heavy atom. The van der Waals surface area contributed by atoms with Crippen molar-refractivity contribution in [1.82, 2.24) is 9.80 Å². The Morgan fingerprint density at radius 2 is 2.24 bits per heavy atom. The Kier molecular flexibility index (Phi) is 4.61. The summed E-state index contributed by atoms with van der Waals surface area (Å²) in [5.74, 6) is 0.813. The third kappa shape index (κ3) is 2.71. The van der Waals surface area contributed by atoms with Crippen molar-refractivity contribution in [2.24, 2.45) is 0 Å². The van der Waals surface area contributed by atoms with Gasteiger partial charge >= 0.3 is 0 Å². The Hall–Kier alpha value is -2.83. The molecule has 0 unspecified atom stereocenters. The molecule has 2 aliphatic heterocycles. The molecule has 1 aromatic heterocycles. The van der Waals surface area contributed by atoms with Gasteiger partial charge in [-0.05, 0) is 56.0 Å². The number of aliphatic hydroxyl groups is 1. The van der Waals surface area contributed by atoms with E-state index in [-0.39, 0.29) is 24.1 Å². The molecule has 1 N–H and O–H groups in total. The minimum atomic E-state index is -0.883. The van der Waals surface area contributed by atoms with Crippen molar-refractivity contribution in [2.45, 2.75) is 54.9 Å². The van der Waals surface area contributed by atoms with Crippen LogP contribution in [-0.2, 0) is 16.6 Å². The van der Waals surface area contributed by atoms with Crippen LogP contribution in [0.4, 0.5) is 0 Å². The molecule has 6 nitrogen and oxygen atoms in total. The molecule has 2 bridgehead atoms. The second-order valence-corrected chi connectivity index (χ2v) is 9.92. The van der Waals surface area contributed by atoms with Gasteiger partial charge in [-0.25, -0.2) is 0 Å². The van der Waals surface area contributed by atoms with Gasteiger partial charge in [-0.3, -0.25) is 9.69 Å². The SMILES string of the molecule is C=CCN1CC[C@]23c4c5cccc4O[C@H]2[C@H](N(C)C(=O)/C=C/c2ccoc2)CC[C@@]3(O)[C@H]1C5. The minimum absolute atomic E-state index is 0.0270. The Balaban J connectivity index is 1.39. The molecule has 2 aromatic rings. The lowest BCUT2D eigenvalue weighted by Crippen LogP contribution is -2.78. The van der Waals surface area contributed by atoms with Crippen LogP contribution in [0, 0.1) is 0 Å². The molecular formula is C27H30N2O4. The van der Waals surface area contributed by atoms with Crippen LogP contribution in [0.25, 0.3) is 6.08 Å². The lowest BCUT2D eigenvalue weighted by molar-refractivity contribution is -0.198. The number of amides is 1. The van der Waals surface area contributed by atoms with Gasteiger partial charge in [-0.1, -0.05) is 18.2 Å². The van der Waals surface area contributed by atoms with Crippen LogP contribution < -0.4 is 4.74 Å². The fourth-order valence-electron chi connectivity index (χ4n) is 7.17. The topological polar surface area (TPSA) is 66.2 Å². The van der Waals surface area contributed by atoms with Crippen molar-refractivity contribution in [3.05, 3.63) is 72.2 Å². The summed E-state index contributed by atoms with van der Waals surface area (Å²) in [5, 5.41) is 12.4. The first-order valence-corrected chi connectivity index (χ1v) is 11.8. The van der Waals surface area contributed by atoms with Crippen LogP contribution in [0.1, 0.15) is 36.0 Å². The van der Waals surface area contributed by atoms with Gasteiger partial charge in [0, 0.05) is 36.8 Å². The summed E-state index contributed by atoms with van der Waals surface area (Å²) in [5.41, 5.74) is 1.93. The average molecular weight is 447 g/mol. The zero-order valence-corrected chi connectivity index (χ0v) is 18.9. The van der Waals surface area contributed by atoms with Crippen molar-refractivity contribution in [1.29, 1.82) is 0 Å². The smallest absolute Gasteiger partial charge is 0.246 e. The number of hydrogen-bond acceptors (Lipinski definition) is 5. The molecule has 3 heterocycles. The van der Waals surface area contributed by atoms with Crippen molar-refractivity contribution >= 4 is 12.0 Å². The number of rotatable bonds is 5.